The Morgan fingerprint density at radius 1 is 1.21 bits per heavy atom. The van der Waals surface area contributed by atoms with Gasteiger partial charge in [0.15, 0.2) is 0 Å². The molecule has 0 aromatic carbocycles. The maximum Gasteiger partial charge on any atom is 0.422 e. The lowest BCUT2D eigenvalue weighted by Crippen LogP contribution is -2.32. The van der Waals surface area contributed by atoms with E-state index in [0.717, 1.165) is 37.1 Å². The fourth-order valence-electron chi connectivity index (χ4n) is 4.40. The third-order valence-electron chi connectivity index (χ3n) is 6.14. The summed E-state index contributed by atoms with van der Waals surface area (Å²) in [5.41, 5.74) is 0.258. The second-order valence-electron chi connectivity index (χ2n) is 8.30. The van der Waals surface area contributed by atoms with Gasteiger partial charge in [-0.1, -0.05) is 6.07 Å². The molecule has 0 atom stereocenters. The molecule has 10 heteroatoms. The van der Waals surface area contributed by atoms with Crippen molar-refractivity contribution in [1.29, 1.82) is 0 Å². The molecule has 4 heterocycles. The number of aromatic amines is 1. The third kappa shape index (κ3) is 4.75. The summed E-state index contributed by atoms with van der Waals surface area (Å²) in [5.74, 6) is 0.133. The van der Waals surface area contributed by atoms with Crippen LogP contribution in [0.3, 0.4) is 0 Å². The maximum absolute atomic E-state index is 13.2. The molecule has 0 aliphatic carbocycles. The largest absolute Gasteiger partial charge is 0.422 e. The molecular formula is C23H24F3N5O2. The summed E-state index contributed by atoms with van der Waals surface area (Å²) in [6.45, 7) is 3.53. The molecule has 3 aromatic rings. The second-order valence-corrected chi connectivity index (χ2v) is 8.30. The van der Waals surface area contributed by atoms with E-state index < -0.39 is 17.3 Å². The molecular weight excluding hydrogens is 435 g/mol. The van der Waals surface area contributed by atoms with Gasteiger partial charge in [-0.25, -0.2) is 0 Å². The summed E-state index contributed by atoms with van der Waals surface area (Å²) in [7, 11) is 1.57. The number of pyridine rings is 3. The minimum Gasteiger partial charge on any atom is -0.354 e. The first kappa shape index (κ1) is 22.9. The van der Waals surface area contributed by atoms with Gasteiger partial charge in [-0.3, -0.25) is 24.5 Å². The molecule has 1 saturated heterocycles. The summed E-state index contributed by atoms with van der Waals surface area (Å²) in [6.07, 6.45) is 0.446. The number of piperidine rings is 1. The number of aryl methyl sites for hydroxylation is 1. The van der Waals surface area contributed by atoms with Gasteiger partial charge in [0.2, 0.25) is 0 Å². The first-order valence-electron chi connectivity index (χ1n) is 10.7. The van der Waals surface area contributed by atoms with Crippen molar-refractivity contribution in [2.24, 2.45) is 0 Å². The van der Waals surface area contributed by atoms with E-state index in [9.17, 15) is 22.8 Å². The number of amides is 1. The van der Waals surface area contributed by atoms with Crippen molar-refractivity contribution in [3.63, 3.8) is 0 Å². The molecule has 7 nitrogen and oxygen atoms in total. The van der Waals surface area contributed by atoms with Crippen LogP contribution in [0.5, 0.6) is 0 Å². The van der Waals surface area contributed by atoms with Crippen molar-refractivity contribution in [2.75, 3.05) is 20.1 Å². The highest BCUT2D eigenvalue weighted by Gasteiger charge is 2.36. The van der Waals surface area contributed by atoms with Crippen LogP contribution in [-0.2, 0) is 12.7 Å². The number of carbonyl (C=O) groups excluding carboxylic acids is 1. The van der Waals surface area contributed by atoms with Crippen molar-refractivity contribution in [1.82, 2.24) is 25.2 Å². The zero-order chi connectivity index (χ0) is 23.8. The van der Waals surface area contributed by atoms with E-state index in [1.165, 1.54) is 6.92 Å². The molecule has 4 rings (SSSR count). The molecule has 2 N–H and O–H groups in total. The fourth-order valence-corrected chi connectivity index (χ4v) is 4.40. The van der Waals surface area contributed by atoms with Gasteiger partial charge in [-0.2, -0.15) is 13.2 Å². The Morgan fingerprint density at radius 3 is 2.55 bits per heavy atom. The summed E-state index contributed by atoms with van der Waals surface area (Å²) < 4.78 is 39.5. The SMILES string of the molecule is CNC(=O)c1ccc(C2CCN(Cc3cnc4c(C)c(C(F)(F)F)c(=O)[nH]c4c3)CC2)cn1. The molecule has 0 bridgehead atoms. The van der Waals surface area contributed by atoms with E-state index in [1.807, 2.05) is 6.07 Å². The van der Waals surface area contributed by atoms with Crippen LogP contribution < -0.4 is 10.9 Å². The lowest BCUT2D eigenvalue weighted by Gasteiger charge is -2.32. The predicted molar refractivity (Wildman–Crippen MR) is 117 cm³/mol. The first-order valence-corrected chi connectivity index (χ1v) is 10.7. The zero-order valence-corrected chi connectivity index (χ0v) is 18.3. The molecule has 0 unspecified atom stereocenters. The van der Waals surface area contributed by atoms with Gasteiger partial charge in [0, 0.05) is 26.0 Å². The Morgan fingerprint density at radius 2 is 1.94 bits per heavy atom. The van der Waals surface area contributed by atoms with Crippen LogP contribution in [0, 0.1) is 6.92 Å². The van der Waals surface area contributed by atoms with Crippen LogP contribution in [0.4, 0.5) is 13.2 Å². The number of aromatic nitrogens is 3. The van der Waals surface area contributed by atoms with Gasteiger partial charge < -0.3 is 10.3 Å². The number of carbonyl (C=O) groups is 1. The molecule has 1 amide bonds. The molecule has 174 valence electrons. The standard InChI is InChI=1S/C23H24F3N5O2/c1-13-19(23(24,25)26)22(33)30-18-9-14(10-29-20(13)18)12-31-7-5-15(6-8-31)16-3-4-17(28-11-16)21(32)27-2/h3-4,9-11,15H,5-8,12H2,1-2H3,(H,27,32)(H,30,33). The Bertz CT molecular complexity index is 1230. The van der Waals surface area contributed by atoms with Gasteiger partial charge in [0.1, 0.15) is 11.3 Å². The highest BCUT2D eigenvalue weighted by atomic mass is 19.4. The number of hydrogen-bond acceptors (Lipinski definition) is 5. The Kier molecular flexibility index (Phi) is 6.20. The number of H-pyrrole nitrogens is 1. The van der Waals surface area contributed by atoms with E-state index >= 15 is 0 Å². The number of likely N-dealkylation sites (tertiary alicyclic amines) is 1. The summed E-state index contributed by atoms with van der Waals surface area (Å²) in [5, 5.41) is 2.55. The van der Waals surface area contributed by atoms with Crippen molar-refractivity contribution in [2.45, 2.75) is 38.4 Å². The number of nitrogens with one attached hydrogen (secondary N) is 2. The number of rotatable bonds is 4. The van der Waals surface area contributed by atoms with Crippen molar-refractivity contribution < 1.29 is 18.0 Å². The van der Waals surface area contributed by atoms with E-state index in [1.54, 1.807) is 31.6 Å². The van der Waals surface area contributed by atoms with Gasteiger partial charge in [0.25, 0.3) is 11.5 Å². The second kappa shape index (κ2) is 8.93. The number of nitrogens with zero attached hydrogens (tertiary/aromatic N) is 3. The minimum atomic E-state index is -4.73. The predicted octanol–water partition coefficient (Wildman–Crippen LogP) is 3.38. The number of halogens is 3. The number of hydrogen-bond donors (Lipinski definition) is 2. The third-order valence-corrected chi connectivity index (χ3v) is 6.14. The Labute approximate surface area is 188 Å². The van der Waals surface area contributed by atoms with Gasteiger partial charge >= 0.3 is 6.18 Å². The van der Waals surface area contributed by atoms with Gasteiger partial charge in [-0.05, 0) is 67.6 Å². The lowest BCUT2D eigenvalue weighted by molar-refractivity contribution is -0.139. The fraction of sp³-hybridized carbons (Fsp3) is 0.391. The van der Waals surface area contributed by atoms with E-state index in [0.29, 0.717) is 23.7 Å². The molecule has 1 aliphatic rings. The minimum absolute atomic E-state index is 0.150. The molecule has 0 saturated carbocycles. The lowest BCUT2D eigenvalue weighted by atomic mass is 9.90. The topological polar surface area (TPSA) is 91.0 Å². The average Bonchev–Trinajstić information content (AvgIpc) is 2.78. The Hall–Kier alpha value is -3.27. The van der Waals surface area contributed by atoms with E-state index in [-0.39, 0.29) is 17.0 Å². The quantitative estimate of drug-likeness (QED) is 0.624. The maximum atomic E-state index is 13.2. The van der Waals surface area contributed by atoms with Crippen molar-refractivity contribution in [3.05, 3.63) is 68.9 Å². The van der Waals surface area contributed by atoms with Crippen LogP contribution in [0.15, 0.2) is 35.4 Å². The summed E-state index contributed by atoms with van der Waals surface area (Å²) >= 11 is 0. The average molecular weight is 459 g/mol. The van der Waals surface area contributed by atoms with E-state index in [4.69, 9.17) is 0 Å². The molecule has 33 heavy (non-hydrogen) atoms. The van der Waals surface area contributed by atoms with Crippen LogP contribution in [0.1, 0.15) is 51.5 Å². The summed E-state index contributed by atoms with van der Waals surface area (Å²) in [6, 6.07) is 5.37. The highest BCUT2D eigenvalue weighted by Crippen LogP contribution is 2.32. The normalized spacial score (nSPS) is 15.7. The molecule has 3 aromatic heterocycles. The van der Waals surface area contributed by atoms with Crippen molar-refractivity contribution in [3.8, 4) is 0 Å². The molecule has 0 radical (unpaired) electrons. The van der Waals surface area contributed by atoms with Gasteiger partial charge in [0.05, 0.1) is 11.0 Å². The van der Waals surface area contributed by atoms with Crippen LogP contribution in [-0.4, -0.2) is 45.9 Å². The van der Waals surface area contributed by atoms with Crippen molar-refractivity contribution >= 4 is 16.9 Å². The smallest absolute Gasteiger partial charge is 0.354 e. The zero-order valence-electron chi connectivity index (χ0n) is 18.3. The van der Waals surface area contributed by atoms with Crippen LogP contribution in [0.2, 0.25) is 0 Å². The van der Waals surface area contributed by atoms with E-state index in [2.05, 4.69) is 25.2 Å². The number of alkyl halides is 3. The number of fused-ring (bicyclic) bond motifs is 1. The monoisotopic (exact) mass is 459 g/mol. The summed E-state index contributed by atoms with van der Waals surface area (Å²) in [4.78, 5) is 36.7. The van der Waals surface area contributed by atoms with Crippen LogP contribution in [0.25, 0.3) is 11.0 Å². The highest BCUT2D eigenvalue weighted by molar-refractivity contribution is 5.91. The molecule has 0 spiro atoms. The van der Waals surface area contributed by atoms with Gasteiger partial charge in [-0.15, -0.1) is 0 Å². The molecule has 1 fully saturated rings. The first-order chi connectivity index (χ1) is 15.7. The Balaban J connectivity index is 1.43. The van der Waals surface area contributed by atoms with Crippen LogP contribution >= 0.6 is 0 Å². The molecule has 1 aliphatic heterocycles.